The predicted molar refractivity (Wildman–Crippen MR) is 83.4 cm³/mol. The van der Waals surface area contributed by atoms with Crippen LogP contribution in [-0.4, -0.2) is 47.6 Å². The number of likely N-dealkylation sites (tertiary alicyclic amines) is 1. The number of benzene rings is 1. The Kier molecular flexibility index (Phi) is 3.95. The Morgan fingerprint density at radius 1 is 1.14 bits per heavy atom. The number of aliphatic hydroxyl groups is 1. The summed E-state index contributed by atoms with van der Waals surface area (Å²) in [7, 11) is 0. The van der Waals surface area contributed by atoms with E-state index in [1.165, 1.54) is 19.3 Å². The number of nitrogens with zero attached hydrogens (tertiary/aromatic N) is 1. The molecule has 4 heteroatoms. The van der Waals surface area contributed by atoms with Crippen molar-refractivity contribution < 1.29 is 14.6 Å². The van der Waals surface area contributed by atoms with E-state index >= 15 is 0 Å². The van der Waals surface area contributed by atoms with Gasteiger partial charge in [-0.2, -0.15) is 0 Å². The van der Waals surface area contributed by atoms with Crippen LogP contribution >= 0.6 is 0 Å². The Bertz CT molecular complexity index is 502. The lowest BCUT2D eigenvalue weighted by Gasteiger charge is -2.52. The predicted octanol–water partition coefficient (Wildman–Crippen LogP) is 2.48. The van der Waals surface area contributed by atoms with E-state index in [0.717, 1.165) is 31.5 Å². The standard InChI is InChI=1S/C18H25NO3/c20-16(14-7-3-1-4-8-14)18(19-11-5-2-6-12-19)10-9-15-13-21-17(18)22-15/h1,3-4,7-8,15-17,20H,2,5-6,9-13H2/t15-,16+,17+,18+/m0/s1. The zero-order valence-electron chi connectivity index (χ0n) is 13.0. The molecule has 0 radical (unpaired) electrons. The van der Waals surface area contributed by atoms with E-state index in [1.807, 2.05) is 30.3 Å². The highest BCUT2D eigenvalue weighted by Gasteiger charge is 2.57. The first kappa shape index (κ1) is 14.6. The molecular weight excluding hydrogens is 278 g/mol. The highest BCUT2D eigenvalue weighted by atomic mass is 16.7. The lowest BCUT2D eigenvalue weighted by Crippen LogP contribution is -2.63. The summed E-state index contributed by atoms with van der Waals surface area (Å²) in [5.74, 6) is 0. The van der Waals surface area contributed by atoms with Crippen molar-refractivity contribution in [2.24, 2.45) is 0 Å². The maximum Gasteiger partial charge on any atom is 0.179 e. The van der Waals surface area contributed by atoms with E-state index in [2.05, 4.69) is 4.90 Å². The minimum atomic E-state index is -0.573. The van der Waals surface area contributed by atoms with Crippen molar-refractivity contribution >= 4 is 0 Å². The molecule has 0 amide bonds. The van der Waals surface area contributed by atoms with E-state index in [0.29, 0.717) is 6.61 Å². The van der Waals surface area contributed by atoms with Crippen LogP contribution in [0, 0.1) is 0 Å². The third-order valence-electron chi connectivity index (χ3n) is 5.56. The molecule has 120 valence electrons. The van der Waals surface area contributed by atoms with Crippen LogP contribution < -0.4 is 0 Å². The first-order chi connectivity index (χ1) is 10.8. The largest absolute Gasteiger partial charge is 0.386 e. The number of hydrogen-bond donors (Lipinski definition) is 1. The molecule has 1 N–H and O–H groups in total. The van der Waals surface area contributed by atoms with E-state index in [1.54, 1.807) is 0 Å². The fourth-order valence-corrected chi connectivity index (χ4v) is 4.35. The summed E-state index contributed by atoms with van der Waals surface area (Å²) in [6, 6.07) is 9.99. The second-order valence-electron chi connectivity index (χ2n) is 6.81. The molecule has 22 heavy (non-hydrogen) atoms. The molecule has 3 aliphatic rings. The van der Waals surface area contributed by atoms with Crippen molar-refractivity contribution in [2.45, 2.75) is 56.1 Å². The Morgan fingerprint density at radius 3 is 2.68 bits per heavy atom. The van der Waals surface area contributed by atoms with E-state index in [9.17, 15) is 5.11 Å². The number of piperidine rings is 1. The Balaban J connectivity index is 1.71. The van der Waals surface area contributed by atoms with Gasteiger partial charge in [-0.3, -0.25) is 4.90 Å². The van der Waals surface area contributed by atoms with Gasteiger partial charge in [0.25, 0.3) is 0 Å². The summed E-state index contributed by atoms with van der Waals surface area (Å²) in [5, 5.41) is 11.3. The summed E-state index contributed by atoms with van der Waals surface area (Å²) >= 11 is 0. The first-order valence-corrected chi connectivity index (χ1v) is 8.56. The van der Waals surface area contributed by atoms with Crippen LogP contribution in [0.25, 0.3) is 0 Å². The third-order valence-corrected chi connectivity index (χ3v) is 5.56. The smallest absolute Gasteiger partial charge is 0.179 e. The fraction of sp³-hybridized carbons (Fsp3) is 0.667. The van der Waals surface area contributed by atoms with Gasteiger partial charge in [-0.1, -0.05) is 36.8 Å². The second-order valence-corrected chi connectivity index (χ2v) is 6.81. The Hall–Kier alpha value is -0.940. The van der Waals surface area contributed by atoms with Crippen LogP contribution in [0.2, 0.25) is 0 Å². The molecule has 0 aromatic heterocycles. The number of aliphatic hydroxyl groups excluding tert-OH is 1. The van der Waals surface area contributed by atoms with Gasteiger partial charge in [0.1, 0.15) is 11.6 Å². The zero-order valence-corrected chi connectivity index (χ0v) is 13.0. The fourth-order valence-electron chi connectivity index (χ4n) is 4.35. The monoisotopic (exact) mass is 303 g/mol. The van der Waals surface area contributed by atoms with Crippen LogP contribution in [0.3, 0.4) is 0 Å². The van der Waals surface area contributed by atoms with Crippen LogP contribution in [-0.2, 0) is 9.47 Å². The topological polar surface area (TPSA) is 41.9 Å². The average molecular weight is 303 g/mol. The first-order valence-electron chi connectivity index (χ1n) is 8.56. The molecule has 0 aliphatic carbocycles. The van der Waals surface area contributed by atoms with E-state index < -0.39 is 11.6 Å². The maximum atomic E-state index is 11.3. The average Bonchev–Trinajstić information content (AvgIpc) is 3.00. The van der Waals surface area contributed by atoms with Gasteiger partial charge < -0.3 is 14.6 Å². The molecule has 0 saturated carbocycles. The summed E-state index contributed by atoms with van der Waals surface area (Å²) in [5.41, 5.74) is 0.528. The molecule has 1 aromatic rings. The Morgan fingerprint density at radius 2 is 1.91 bits per heavy atom. The van der Waals surface area contributed by atoms with Crippen LogP contribution in [0.15, 0.2) is 30.3 Å². The minimum absolute atomic E-state index is 0.214. The van der Waals surface area contributed by atoms with Crippen LogP contribution in [0.1, 0.15) is 43.8 Å². The third kappa shape index (κ3) is 2.29. The summed E-state index contributed by atoms with van der Waals surface area (Å²) in [6.07, 6.45) is 4.92. The highest BCUT2D eigenvalue weighted by molar-refractivity contribution is 5.23. The molecule has 2 bridgehead atoms. The van der Waals surface area contributed by atoms with Crippen molar-refractivity contribution in [2.75, 3.05) is 19.7 Å². The van der Waals surface area contributed by atoms with Gasteiger partial charge in [0.05, 0.1) is 12.7 Å². The van der Waals surface area contributed by atoms with Gasteiger partial charge >= 0.3 is 0 Å². The molecule has 3 saturated heterocycles. The number of rotatable bonds is 3. The van der Waals surface area contributed by atoms with Gasteiger partial charge in [0.15, 0.2) is 6.29 Å². The van der Waals surface area contributed by atoms with Gasteiger partial charge in [-0.15, -0.1) is 0 Å². The van der Waals surface area contributed by atoms with Gasteiger partial charge in [0, 0.05) is 0 Å². The molecule has 0 unspecified atom stereocenters. The lowest BCUT2D eigenvalue weighted by atomic mass is 9.78. The zero-order chi connectivity index (χ0) is 15.0. The molecular formula is C18H25NO3. The van der Waals surface area contributed by atoms with Crippen molar-refractivity contribution in [3.8, 4) is 0 Å². The molecule has 4 nitrogen and oxygen atoms in total. The SMILES string of the molecule is O[C@H](c1ccccc1)[C@]1(N2CCCCC2)CC[C@H]2CO[C@@H]1O2. The van der Waals surface area contributed by atoms with Crippen LogP contribution in [0.5, 0.6) is 0 Å². The molecule has 0 spiro atoms. The van der Waals surface area contributed by atoms with Gasteiger partial charge in [-0.05, 0) is 44.3 Å². The maximum absolute atomic E-state index is 11.3. The van der Waals surface area contributed by atoms with Crippen molar-refractivity contribution in [1.29, 1.82) is 0 Å². The molecule has 3 fully saturated rings. The van der Waals surface area contributed by atoms with Crippen molar-refractivity contribution in [3.05, 3.63) is 35.9 Å². The van der Waals surface area contributed by atoms with Crippen molar-refractivity contribution in [1.82, 2.24) is 4.90 Å². The van der Waals surface area contributed by atoms with Gasteiger partial charge in [0.2, 0.25) is 0 Å². The summed E-state index contributed by atoms with van der Waals surface area (Å²) < 4.78 is 12.1. The van der Waals surface area contributed by atoms with Crippen molar-refractivity contribution in [3.63, 3.8) is 0 Å². The molecule has 3 aliphatic heterocycles. The van der Waals surface area contributed by atoms with E-state index in [4.69, 9.17) is 9.47 Å². The lowest BCUT2D eigenvalue weighted by molar-refractivity contribution is -0.222. The summed E-state index contributed by atoms with van der Waals surface area (Å²) in [4.78, 5) is 2.44. The van der Waals surface area contributed by atoms with Crippen LogP contribution in [0.4, 0.5) is 0 Å². The second kappa shape index (κ2) is 5.93. The highest BCUT2D eigenvalue weighted by Crippen LogP contribution is 2.47. The number of fused-ring (bicyclic) bond motifs is 2. The molecule has 3 heterocycles. The summed E-state index contributed by atoms with van der Waals surface area (Å²) in [6.45, 7) is 2.72. The molecule has 1 aromatic carbocycles. The minimum Gasteiger partial charge on any atom is -0.386 e. The van der Waals surface area contributed by atoms with Gasteiger partial charge in [-0.25, -0.2) is 0 Å². The van der Waals surface area contributed by atoms with E-state index in [-0.39, 0.29) is 12.4 Å². The number of ether oxygens (including phenoxy) is 2. The quantitative estimate of drug-likeness (QED) is 0.931. The molecule has 4 atom stereocenters. The normalized spacial score (nSPS) is 37.1. The Labute approximate surface area is 132 Å². The number of hydrogen-bond acceptors (Lipinski definition) is 4. The molecule has 4 rings (SSSR count).